The van der Waals surface area contributed by atoms with Crippen molar-refractivity contribution >= 4 is 32.2 Å². The van der Waals surface area contributed by atoms with Gasteiger partial charge in [0.2, 0.25) is 5.13 Å². The first-order valence-electron chi connectivity index (χ1n) is 4.52. The van der Waals surface area contributed by atoms with Gasteiger partial charge in [-0.1, -0.05) is 11.3 Å². The highest BCUT2D eigenvalue weighted by atomic mass is 32.2. The summed E-state index contributed by atoms with van der Waals surface area (Å²) >= 11 is 0.802. The predicted octanol–water partition coefficient (Wildman–Crippen LogP) is 0.625. The molecule has 0 aliphatic carbocycles. The van der Waals surface area contributed by atoms with Gasteiger partial charge in [-0.25, -0.2) is 0 Å². The van der Waals surface area contributed by atoms with Crippen LogP contribution in [-0.2, 0) is 10.0 Å². The molecule has 0 saturated heterocycles. The molecule has 7 nitrogen and oxygen atoms in total. The van der Waals surface area contributed by atoms with Crippen molar-refractivity contribution in [2.24, 2.45) is 0 Å². The van der Waals surface area contributed by atoms with E-state index < -0.39 is 10.0 Å². The third kappa shape index (κ3) is 2.68. The molecule has 2 rings (SSSR count). The molecule has 90 valence electrons. The summed E-state index contributed by atoms with van der Waals surface area (Å²) in [7, 11) is -3.73. The lowest BCUT2D eigenvalue weighted by atomic mass is 10.4. The van der Waals surface area contributed by atoms with Crippen LogP contribution < -0.4 is 10.5 Å². The minimum Gasteiger partial charge on any atom is -0.374 e. The van der Waals surface area contributed by atoms with Crippen molar-refractivity contribution in [2.75, 3.05) is 10.5 Å². The van der Waals surface area contributed by atoms with Gasteiger partial charge in [0.1, 0.15) is 0 Å². The first-order valence-corrected chi connectivity index (χ1v) is 6.82. The molecule has 0 spiro atoms. The summed E-state index contributed by atoms with van der Waals surface area (Å²) in [5, 5.41) is 7.03. The Kier molecular flexibility index (Phi) is 2.94. The Morgan fingerprint density at radius 1 is 1.35 bits per heavy atom. The molecule has 0 bridgehead atoms. The number of pyridine rings is 1. The Balaban J connectivity index is 2.26. The SMILES string of the molecule is Cc1ccc(NS(=O)(=O)c2nnc(N)s2)cn1. The van der Waals surface area contributed by atoms with Crippen LogP contribution in [0.3, 0.4) is 0 Å². The van der Waals surface area contributed by atoms with Crippen LogP contribution >= 0.6 is 11.3 Å². The molecule has 2 aromatic rings. The molecule has 3 N–H and O–H groups in total. The smallest absolute Gasteiger partial charge is 0.291 e. The number of sulfonamides is 1. The number of nitrogens with two attached hydrogens (primary N) is 1. The second-order valence-corrected chi connectivity index (χ2v) is 6.07. The van der Waals surface area contributed by atoms with E-state index in [1.54, 1.807) is 12.1 Å². The van der Waals surface area contributed by atoms with Gasteiger partial charge in [0.15, 0.2) is 0 Å². The van der Waals surface area contributed by atoms with E-state index in [0.717, 1.165) is 17.0 Å². The van der Waals surface area contributed by atoms with Gasteiger partial charge in [-0.05, 0) is 19.1 Å². The van der Waals surface area contributed by atoms with Gasteiger partial charge in [-0.15, -0.1) is 10.2 Å². The maximum Gasteiger partial charge on any atom is 0.291 e. The van der Waals surface area contributed by atoms with Crippen molar-refractivity contribution in [3.8, 4) is 0 Å². The van der Waals surface area contributed by atoms with Crippen molar-refractivity contribution in [1.29, 1.82) is 0 Å². The maximum atomic E-state index is 11.8. The molecule has 2 heterocycles. The number of hydrogen-bond acceptors (Lipinski definition) is 7. The van der Waals surface area contributed by atoms with Crippen LogP contribution in [0.15, 0.2) is 22.7 Å². The van der Waals surface area contributed by atoms with Crippen LogP contribution in [0, 0.1) is 6.92 Å². The minimum absolute atomic E-state index is 0.104. The number of nitrogens with zero attached hydrogens (tertiary/aromatic N) is 3. The van der Waals surface area contributed by atoms with E-state index in [-0.39, 0.29) is 9.47 Å². The van der Waals surface area contributed by atoms with Gasteiger partial charge in [-0.2, -0.15) is 8.42 Å². The van der Waals surface area contributed by atoms with E-state index in [4.69, 9.17) is 5.73 Å². The van der Waals surface area contributed by atoms with Crippen LogP contribution in [0.4, 0.5) is 10.8 Å². The van der Waals surface area contributed by atoms with Crippen LogP contribution in [0.2, 0.25) is 0 Å². The van der Waals surface area contributed by atoms with Crippen molar-refractivity contribution in [3.63, 3.8) is 0 Å². The van der Waals surface area contributed by atoms with Crippen molar-refractivity contribution < 1.29 is 8.42 Å². The summed E-state index contributed by atoms with van der Waals surface area (Å²) in [6.45, 7) is 1.81. The number of nitrogen functional groups attached to an aromatic ring is 1. The van der Waals surface area contributed by atoms with Crippen molar-refractivity contribution in [2.45, 2.75) is 11.3 Å². The van der Waals surface area contributed by atoms with Gasteiger partial charge < -0.3 is 5.73 Å². The quantitative estimate of drug-likeness (QED) is 0.846. The lowest BCUT2D eigenvalue weighted by molar-refractivity contribution is 0.599. The van der Waals surface area contributed by atoms with Crippen LogP contribution in [0.25, 0.3) is 0 Å². The topological polar surface area (TPSA) is 111 Å². The van der Waals surface area contributed by atoms with E-state index in [0.29, 0.717) is 5.69 Å². The third-order valence-corrected chi connectivity index (χ3v) is 4.32. The Morgan fingerprint density at radius 2 is 2.12 bits per heavy atom. The number of anilines is 2. The molecular weight excluding hydrogens is 262 g/mol. The van der Waals surface area contributed by atoms with E-state index >= 15 is 0 Å². The molecule has 0 radical (unpaired) electrons. The predicted molar refractivity (Wildman–Crippen MR) is 64.1 cm³/mol. The van der Waals surface area contributed by atoms with Crippen LogP contribution in [-0.4, -0.2) is 23.6 Å². The monoisotopic (exact) mass is 271 g/mol. The molecule has 17 heavy (non-hydrogen) atoms. The first-order chi connectivity index (χ1) is 7.97. The molecule has 0 fully saturated rings. The normalized spacial score (nSPS) is 11.4. The number of rotatable bonds is 3. The maximum absolute atomic E-state index is 11.8. The van der Waals surface area contributed by atoms with Gasteiger partial charge in [0.25, 0.3) is 14.4 Å². The van der Waals surface area contributed by atoms with E-state index in [9.17, 15) is 8.42 Å². The third-order valence-electron chi connectivity index (χ3n) is 1.82. The fourth-order valence-corrected chi connectivity index (χ4v) is 2.88. The average molecular weight is 271 g/mol. The highest BCUT2D eigenvalue weighted by Crippen LogP contribution is 2.19. The Labute approximate surface area is 102 Å². The average Bonchev–Trinajstić information content (AvgIpc) is 2.69. The molecule has 0 aliphatic rings. The molecule has 0 atom stereocenters. The van der Waals surface area contributed by atoms with Gasteiger partial charge in [-0.3, -0.25) is 9.71 Å². The summed E-state index contributed by atoms with van der Waals surface area (Å²) in [4.78, 5) is 3.98. The van der Waals surface area contributed by atoms with E-state index in [1.807, 2.05) is 6.92 Å². The molecule has 0 unspecified atom stereocenters. The van der Waals surface area contributed by atoms with Gasteiger partial charge in [0.05, 0.1) is 11.9 Å². The van der Waals surface area contributed by atoms with Gasteiger partial charge >= 0.3 is 0 Å². The van der Waals surface area contributed by atoms with Crippen LogP contribution in [0.5, 0.6) is 0 Å². The minimum atomic E-state index is -3.73. The molecule has 9 heteroatoms. The molecule has 0 aliphatic heterocycles. The lowest BCUT2D eigenvalue weighted by Gasteiger charge is -2.04. The van der Waals surface area contributed by atoms with Gasteiger partial charge in [0, 0.05) is 5.69 Å². The summed E-state index contributed by atoms with van der Waals surface area (Å²) in [6, 6.07) is 3.32. The zero-order valence-electron chi connectivity index (χ0n) is 8.78. The molecule has 2 aromatic heterocycles. The number of aromatic nitrogens is 3. The summed E-state index contributed by atoms with van der Waals surface area (Å²) in [6.07, 6.45) is 1.43. The zero-order valence-corrected chi connectivity index (χ0v) is 10.4. The number of nitrogens with one attached hydrogen (secondary N) is 1. The summed E-state index contributed by atoms with van der Waals surface area (Å²) in [5.41, 5.74) is 6.49. The van der Waals surface area contributed by atoms with E-state index in [2.05, 4.69) is 19.9 Å². The van der Waals surface area contributed by atoms with Crippen molar-refractivity contribution in [1.82, 2.24) is 15.2 Å². The highest BCUT2D eigenvalue weighted by molar-refractivity contribution is 7.94. The summed E-state index contributed by atoms with van der Waals surface area (Å²) < 4.78 is 25.8. The number of aryl methyl sites for hydroxylation is 1. The lowest BCUT2D eigenvalue weighted by Crippen LogP contribution is -2.12. The largest absolute Gasteiger partial charge is 0.374 e. The molecule has 0 amide bonds. The summed E-state index contributed by atoms with van der Waals surface area (Å²) in [5.74, 6) is 0. The first kappa shape index (κ1) is 11.7. The second-order valence-electron chi connectivity index (χ2n) is 3.20. The highest BCUT2D eigenvalue weighted by Gasteiger charge is 2.19. The Morgan fingerprint density at radius 3 is 2.65 bits per heavy atom. The Hall–Kier alpha value is -1.74. The van der Waals surface area contributed by atoms with Crippen molar-refractivity contribution in [3.05, 3.63) is 24.0 Å². The fourth-order valence-electron chi connectivity index (χ4n) is 1.06. The molecule has 0 saturated carbocycles. The number of hydrogen-bond donors (Lipinski definition) is 2. The molecular formula is C8H9N5O2S2. The van der Waals surface area contributed by atoms with Crippen LogP contribution in [0.1, 0.15) is 5.69 Å². The molecule has 0 aromatic carbocycles. The standard InChI is InChI=1S/C8H9N5O2S2/c1-5-2-3-6(4-10-5)13-17(14,15)8-12-11-7(9)16-8/h2-4,13H,1H3,(H2,9,11). The zero-order chi connectivity index (χ0) is 12.5. The second kappa shape index (κ2) is 4.26. The Bertz CT molecular complexity index is 620. The fraction of sp³-hybridized carbons (Fsp3) is 0.125. The van der Waals surface area contributed by atoms with E-state index in [1.165, 1.54) is 6.20 Å².